The van der Waals surface area contributed by atoms with E-state index < -0.39 is 11.7 Å². The van der Waals surface area contributed by atoms with E-state index in [1.165, 1.54) is 19.3 Å². The maximum atomic E-state index is 12.3. The van der Waals surface area contributed by atoms with Gasteiger partial charge in [-0.2, -0.15) is 10.1 Å². The number of aromatic nitrogens is 6. The van der Waals surface area contributed by atoms with E-state index >= 15 is 0 Å². The highest BCUT2D eigenvalue weighted by Crippen LogP contribution is 2.26. The molecular weight excluding hydrogens is 494 g/mol. The maximum absolute atomic E-state index is 12.3. The van der Waals surface area contributed by atoms with Crippen LogP contribution in [0, 0.1) is 0 Å². The Morgan fingerprint density at radius 2 is 1.85 bits per heavy atom. The molecule has 1 aliphatic rings. The fourth-order valence-electron chi connectivity index (χ4n) is 4.66. The van der Waals surface area contributed by atoms with E-state index in [0.29, 0.717) is 35.0 Å². The van der Waals surface area contributed by atoms with Gasteiger partial charge in [-0.05, 0) is 45.2 Å². The van der Waals surface area contributed by atoms with Gasteiger partial charge in [-0.3, -0.25) is 5.10 Å². The lowest BCUT2D eigenvalue weighted by molar-refractivity contribution is 0.0525. The number of hydrogen-bond donors (Lipinski definition) is 4. The van der Waals surface area contributed by atoms with Crippen molar-refractivity contribution in [1.82, 2.24) is 35.5 Å². The van der Waals surface area contributed by atoms with Gasteiger partial charge in [0, 0.05) is 25.0 Å². The van der Waals surface area contributed by atoms with Crippen LogP contribution in [0.5, 0.6) is 0 Å². The molecule has 0 bridgehead atoms. The number of hydrogen-bond acceptors (Lipinski definition) is 9. The molecule has 1 amide bonds. The second kappa shape index (κ2) is 11.6. The Kier molecular flexibility index (Phi) is 7.85. The third-order valence-electron chi connectivity index (χ3n) is 6.52. The quantitative estimate of drug-likeness (QED) is 0.241. The Morgan fingerprint density at radius 3 is 2.62 bits per heavy atom. The molecule has 3 heterocycles. The number of H-pyrrole nitrogens is 1. The van der Waals surface area contributed by atoms with E-state index in [9.17, 15) is 4.79 Å². The van der Waals surface area contributed by atoms with Crippen LogP contribution in [0.1, 0.15) is 64.5 Å². The molecule has 4 N–H and O–H groups in total. The molecule has 1 fully saturated rings. The fraction of sp³-hybridized carbons (Fsp3) is 0.429. The molecule has 1 aliphatic carbocycles. The molecule has 39 heavy (non-hydrogen) atoms. The molecule has 4 aromatic rings. The molecule has 0 aliphatic heterocycles. The van der Waals surface area contributed by atoms with Gasteiger partial charge in [-0.15, -0.1) is 0 Å². The van der Waals surface area contributed by atoms with Gasteiger partial charge in [0.1, 0.15) is 5.60 Å². The number of aromatic amines is 1. The van der Waals surface area contributed by atoms with Crippen molar-refractivity contribution < 1.29 is 9.53 Å². The summed E-state index contributed by atoms with van der Waals surface area (Å²) in [5.74, 6) is 1.01. The molecule has 5 rings (SSSR count). The van der Waals surface area contributed by atoms with Crippen LogP contribution in [0.3, 0.4) is 0 Å². The maximum Gasteiger partial charge on any atom is 0.407 e. The highest BCUT2D eigenvalue weighted by molar-refractivity contribution is 5.89. The zero-order valence-corrected chi connectivity index (χ0v) is 22.6. The largest absolute Gasteiger partial charge is 0.444 e. The van der Waals surface area contributed by atoms with Crippen LogP contribution in [0.15, 0.2) is 48.8 Å². The predicted molar refractivity (Wildman–Crippen MR) is 150 cm³/mol. The van der Waals surface area contributed by atoms with Gasteiger partial charge >= 0.3 is 6.09 Å². The number of benzene rings is 1. The number of amides is 1. The van der Waals surface area contributed by atoms with E-state index in [-0.39, 0.29) is 12.6 Å². The minimum absolute atomic E-state index is 0.282. The molecule has 1 aromatic carbocycles. The number of ether oxygens (including phenoxy) is 1. The highest BCUT2D eigenvalue weighted by Gasteiger charge is 2.20. The van der Waals surface area contributed by atoms with Crippen molar-refractivity contribution in [3.63, 3.8) is 0 Å². The van der Waals surface area contributed by atoms with Crippen molar-refractivity contribution in [3.8, 4) is 11.4 Å². The Labute approximate surface area is 227 Å². The molecule has 11 heteroatoms. The van der Waals surface area contributed by atoms with Crippen LogP contribution < -0.4 is 16.0 Å². The predicted octanol–water partition coefficient (Wildman–Crippen LogP) is 5.23. The Morgan fingerprint density at radius 1 is 1.05 bits per heavy atom. The number of alkyl carbamates (subject to hydrolysis) is 1. The van der Waals surface area contributed by atoms with Crippen LogP contribution in [-0.2, 0) is 4.74 Å². The van der Waals surface area contributed by atoms with Crippen LogP contribution in [0.2, 0.25) is 0 Å². The van der Waals surface area contributed by atoms with E-state index in [2.05, 4.69) is 41.1 Å². The summed E-state index contributed by atoms with van der Waals surface area (Å²) in [5.41, 5.74) is 2.33. The van der Waals surface area contributed by atoms with E-state index in [1.807, 2.05) is 57.2 Å². The summed E-state index contributed by atoms with van der Waals surface area (Å²) in [6.45, 7) is 5.77. The highest BCUT2D eigenvalue weighted by atomic mass is 16.6. The minimum atomic E-state index is -0.583. The Bertz CT molecular complexity index is 1400. The van der Waals surface area contributed by atoms with Crippen molar-refractivity contribution >= 4 is 29.0 Å². The Hall–Kier alpha value is -4.28. The zero-order valence-electron chi connectivity index (χ0n) is 22.6. The number of carbonyl (C=O) groups excluding carboxylic acids is 1. The van der Waals surface area contributed by atoms with E-state index in [4.69, 9.17) is 9.72 Å². The molecule has 0 radical (unpaired) electrons. The number of anilines is 2. The number of nitrogens with one attached hydrogen (secondary N) is 4. The summed E-state index contributed by atoms with van der Waals surface area (Å²) in [7, 11) is 0. The molecule has 3 aromatic heterocycles. The molecular formula is C28H35N9O2. The van der Waals surface area contributed by atoms with Gasteiger partial charge in [0.05, 0.1) is 22.8 Å². The molecule has 0 saturated heterocycles. The normalized spacial score (nSPS) is 15.1. The smallest absolute Gasteiger partial charge is 0.407 e. The second-order valence-corrected chi connectivity index (χ2v) is 10.8. The van der Waals surface area contributed by atoms with Gasteiger partial charge in [0.15, 0.2) is 5.65 Å². The summed E-state index contributed by atoms with van der Waals surface area (Å²) in [5, 5.41) is 17.9. The minimum Gasteiger partial charge on any atom is -0.444 e. The lowest BCUT2D eigenvalue weighted by Gasteiger charge is -2.23. The number of nitrogens with zero attached hydrogens (tertiary/aromatic N) is 5. The van der Waals surface area contributed by atoms with Gasteiger partial charge in [0.2, 0.25) is 11.9 Å². The molecule has 0 spiro atoms. The molecule has 204 valence electrons. The zero-order chi connectivity index (χ0) is 27.2. The van der Waals surface area contributed by atoms with Crippen molar-refractivity contribution in [2.75, 3.05) is 17.2 Å². The van der Waals surface area contributed by atoms with Crippen LogP contribution in [0.25, 0.3) is 22.4 Å². The van der Waals surface area contributed by atoms with Crippen LogP contribution in [-0.4, -0.2) is 54.4 Å². The van der Waals surface area contributed by atoms with Crippen molar-refractivity contribution in [2.45, 2.75) is 70.6 Å². The van der Waals surface area contributed by atoms with Gasteiger partial charge < -0.3 is 20.7 Å². The average Bonchev–Trinajstić information content (AvgIpc) is 3.35. The van der Waals surface area contributed by atoms with Crippen LogP contribution >= 0.6 is 0 Å². The van der Waals surface area contributed by atoms with E-state index in [1.54, 1.807) is 12.4 Å². The lowest BCUT2D eigenvalue weighted by Crippen LogP contribution is -2.36. The van der Waals surface area contributed by atoms with E-state index in [0.717, 1.165) is 23.8 Å². The summed E-state index contributed by atoms with van der Waals surface area (Å²) in [6.07, 6.45) is 9.02. The third-order valence-corrected chi connectivity index (χ3v) is 6.52. The molecule has 1 unspecified atom stereocenters. The van der Waals surface area contributed by atoms with Gasteiger partial charge in [-0.1, -0.05) is 49.6 Å². The van der Waals surface area contributed by atoms with Crippen molar-refractivity contribution in [2.24, 2.45) is 0 Å². The monoisotopic (exact) mass is 529 g/mol. The number of fused-ring (bicyclic) bond motifs is 1. The molecule has 11 nitrogen and oxygen atoms in total. The Balaban J connectivity index is 1.33. The second-order valence-electron chi connectivity index (χ2n) is 10.8. The van der Waals surface area contributed by atoms with Gasteiger partial charge in [0.25, 0.3) is 0 Å². The van der Waals surface area contributed by atoms with Crippen molar-refractivity contribution in [3.05, 3.63) is 54.4 Å². The standard InChI is InChI=1S/C28H35N9O2/c1-28(2,3)39-27(38)31-17-22(18-10-6-4-7-11-18)34-25-29-15-14-21(33-25)23-20-16-30-26(35-24(20)37-36-23)32-19-12-8-5-9-13-19/h4,6-7,10-11,14-16,19,22H,5,8-9,12-13,17H2,1-3H3,(H,31,38)(H,29,33,34)(H2,30,32,35,36,37). The first-order valence-corrected chi connectivity index (χ1v) is 13.4. The number of carbonyl (C=O) groups is 1. The summed E-state index contributed by atoms with van der Waals surface area (Å²) in [4.78, 5) is 30.6. The lowest BCUT2D eigenvalue weighted by atomic mass is 9.96. The van der Waals surface area contributed by atoms with Gasteiger partial charge in [-0.25, -0.2) is 19.7 Å². The average molecular weight is 530 g/mol. The molecule has 1 atom stereocenters. The molecule has 1 saturated carbocycles. The number of rotatable bonds is 8. The summed E-state index contributed by atoms with van der Waals surface area (Å²) >= 11 is 0. The third kappa shape index (κ3) is 6.98. The first-order valence-electron chi connectivity index (χ1n) is 13.4. The van der Waals surface area contributed by atoms with Crippen LogP contribution in [0.4, 0.5) is 16.7 Å². The first-order chi connectivity index (χ1) is 18.8. The summed E-state index contributed by atoms with van der Waals surface area (Å²) in [6, 6.07) is 11.7. The van der Waals surface area contributed by atoms with Crippen molar-refractivity contribution in [1.29, 1.82) is 0 Å². The first kappa shape index (κ1) is 26.3. The topological polar surface area (TPSA) is 143 Å². The SMILES string of the molecule is CC(C)(C)OC(=O)NCC(Nc1nccc(-c2[nH]nc3nc(NC4CCCCC4)ncc23)n1)c1ccccc1. The fourth-order valence-corrected chi connectivity index (χ4v) is 4.66. The summed E-state index contributed by atoms with van der Waals surface area (Å²) < 4.78 is 5.40.